The monoisotopic (exact) mass is 242 g/mol. The normalized spacial score (nSPS) is 11.2. The Morgan fingerprint density at radius 2 is 1.67 bits per heavy atom. The number of fused-ring (bicyclic) bond motifs is 2. The van der Waals surface area contributed by atoms with E-state index in [0.717, 1.165) is 0 Å². The minimum absolute atomic E-state index is 0.0109. The molecule has 0 radical (unpaired) electrons. The van der Waals surface area contributed by atoms with Crippen LogP contribution >= 0.6 is 0 Å². The topological polar surface area (TPSA) is 70.7 Å². The number of phenolic OH excluding ortho intramolecular Hbond substituents is 2. The second-order valence-electron chi connectivity index (χ2n) is 4.17. The highest BCUT2D eigenvalue weighted by molar-refractivity contribution is 6.08. The summed E-state index contributed by atoms with van der Waals surface area (Å²) in [5.74, 6) is 0.101. The number of phenols is 2. The zero-order valence-electron chi connectivity index (χ0n) is 9.60. The van der Waals surface area contributed by atoms with Crippen molar-refractivity contribution in [2.75, 3.05) is 0 Å². The van der Waals surface area contributed by atoms with Crippen LogP contribution in [0.3, 0.4) is 0 Å². The largest absolute Gasteiger partial charge is 0.506 e. The van der Waals surface area contributed by atoms with Gasteiger partial charge in [0.2, 0.25) is 0 Å². The highest BCUT2D eigenvalue weighted by Gasteiger charge is 2.17. The summed E-state index contributed by atoms with van der Waals surface area (Å²) in [5.41, 5.74) is -0.344. The number of rotatable bonds is 0. The van der Waals surface area contributed by atoms with Gasteiger partial charge in [0, 0.05) is 16.8 Å². The summed E-state index contributed by atoms with van der Waals surface area (Å²) in [7, 11) is 0. The predicted molar refractivity (Wildman–Crippen MR) is 68.1 cm³/mol. The molecule has 18 heavy (non-hydrogen) atoms. The molecule has 0 saturated heterocycles. The first-order valence-electron chi connectivity index (χ1n) is 5.46. The van der Waals surface area contributed by atoms with E-state index in [4.69, 9.17) is 4.42 Å². The van der Waals surface area contributed by atoms with E-state index in [-0.39, 0.29) is 27.9 Å². The fourth-order valence-corrected chi connectivity index (χ4v) is 2.15. The molecule has 3 rings (SSSR count). The Kier molecular flexibility index (Phi) is 2.07. The number of hydrogen-bond acceptors (Lipinski definition) is 4. The van der Waals surface area contributed by atoms with E-state index in [1.165, 1.54) is 6.07 Å². The van der Waals surface area contributed by atoms with E-state index in [9.17, 15) is 15.0 Å². The van der Waals surface area contributed by atoms with Crippen molar-refractivity contribution in [3.63, 3.8) is 0 Å². The van der Waals surface area contributed by atoms with Crippen molar-refractivity contribution in [3.05, 3.63) is 46.3 Å². The molecule has 0 atom stereocenters. The molecule has 0 saturated carbocycles. The summed E-state index contributed by atoms with van der Waals surface area (Å²) in [4.78, 5) is 11.9. The maximum absolute atomic E-state index is 11.9. The molecule has 0 fully saturated rings. The van der Waals surface area contributed by atoms with Crippen LogP contribution in [-0.4, -0.2) is 10.2 Å². The van der Waals surface area contributed by atoms with Gasteiger partial charge in [0.05, 0.1) is 0 Å². The summed E-state index contributed by atoms with van der Waals surface area (Å²) in [6.45, 7) is 1.62. The lowest BCUT2D eigenvalue weighted by Gasteiger charge is -2.08. The summed E-state index contributed by atoms with van der Waals surface area (Å²) < 4.78 is 5.35. The minimum atomic E-state index is -0.368. The molecule has 0 aliphatic heterocycles. The van der Waals surface area contributed by atoms with E-state index < -0.39 is 0 Å². The van der Waals surface area contributed by atoms with Gasteiger partial charge in [-0.15, -0.1) is 0 Å². The maximum atomic E-state index is 11.9. The van der Waals surface area contributed by atoms with Crippen molar-refractivity contribution in [3.8, 4) is 11.5 Å². The Morgan fingerprint density at radius 3 is 2.33 bits per heavy atom. The van der Waals surface area contributed by atoms with Crippen LogP contribution in [0.15, 0.2) is 39.5 Å². The average Bonchev–Trinajstić information content (AvgIpc) is 2.35. The van der Waals surface area contributed by atoms with Gasteiger partial charge in [-0.25, -0.2) is 0 Å². The average molecular weight is 242 g/mol. The molecule has 0 spiro atoms. The molecular formula is C14H10O4. The molecule has 0 aliphatic rings. The van der Waals surface area contributed by atoms with Crippen molar-refractivity contribution in [1.29, 1.82) is 0 Å². The van der Waals surface area contributed by atoms with Gasteiger partial charge < -0.3 is 14.6 Å². The Labute approximate surface area is 102 Å². The molecule has 0 amide bonds. The van der Waals surface area contributed by atoms with Gasteiger partial charge in [0.15, 0.2) is 16.8 Å². The first-order chi connectivity index (χ1) is 8.59. The van der Waals surface area contributed by atoms with Crippen LogP contribution in [0, 0.1) is 6.92 Å². The second kappa shape index (κ2) is 3.50. The first-order valence-corrected chi connectivity index (χ1v) is 5.46. The molecule has 2 N–H and O–H groups in total. The number of aryl methyl sites for hydroxylation is 1. The highest BCUT2D eigenvalue weighted by Crippen LogP contribution is 2.39. The third kappa shape index (κ3) is 1.29. The van der Waals surface area contributed by atoms with Gasteiger partial charge in [-0.05, 0) is 6.92 Å². The van der Waals surface area contributed by atoms with Gasteiger partial charge >= 0.3 is 0 Å². The van der Waals surface area contributed by atoms with Crippen LogP contribution < -0.4 is 5.43 Å². The standard InChI is InChI=1S/C14H10O4/c1-7-6-10(15)11-12(16)8-4-2-3-5-9(8)13(17)14(11)18-7/h2-6,16-17H,1H3. The van der Waals surface area contributed by atoms with Crippen LogP contribution in [-0.2, 0) is 0 Å². The maximum Gasteiger partial charge on any atom is 0.196 e. The van der Waals surface area contributed by atoms with E-state index in [1.807, 2.05) is 0 Å². The van der Waals surface area contributed by atoms with Gasteiger partial charge in [0.25, 0.3) is 0 Å². The van der Waals surface area contributed by atoms with Crippen molar-refractivity contribution < 1.29 is 14.6 Å². The van der Waals surface area contributed by atoms with Crippen LogP contribution in [0.1, 0.15) is 5.76 Å². The van der Waals surface area contributed by atoms with Gasteiger partial charge in [-0.1, -0.05) is 24.3 Å². The van der Waals surface area contributed by atoms with E-state index in [2.05, 4.69) is 0 Å². The molecular weight excluding hydrogens is 232 g/mol. The number of aromatic hydroxyl groups is 2. The SMILES string of the molecule is Cc1cc(=O)c2c(O)c3ccccc3c(O)c2o1. The van der Waals surface area contributed by atoms with Crippen LogP contribution in [0.4, 0.5) is 0 Å². The van der Waals surface area contributed by atoms with Gasteiger partial charge in [-0.3, -0.25) is 4.79 Å². The first kappa shape index (κ1) is 10.7. The lowest BCUT2D eigenvalue weighted by atomic mass is 10.0. The minimum Gasteiger partial charge on any atom is -0.506 e. The number of hydrogen-bond donors (Lipinski definition) is 2. The Morgan fingerprint density at radius 1 is 1.06 bits per heavy atom. The predicted octanol–water partition coefficient (Wildman–Crippen LogP) is 2.67. The quantitative estimate of drug-likeness (QED) is 0.469. The molecule has 2 aromatic carbocycles. The molecule has 1 heterocycles. The fraction of sp³-hybridized carbons (Fsp3) is 0.0714. The van der Waals surface area contributed by atoms with E-state index >= 15 is 0 Å². The Hall–Kier alpha value is -2.49. The van der Waals surface area contributed by atoms with Crippen molar-refractivity contribution in [2.24, 2.45) is 0 Å². The van der Waals surface area contributed by atoms with E-state index in [0.29, 0.717) is 16.5 Å². The van der Waals surface area contributed by atoms with Crippen molar-refractivity contribution >= 4 is 21.7 Å². The van der Waals surface area contributed by atoms with Crippen molar-refractivity contribution in [1.82, 2.24) is 0 Å². The summed E-state index contributed by atoms with van der Waals surface area (Å²) >= 11 is 0. The second-order valence-corrected chi connectivity index (χ2v) is 4.17. The molecule has 3 aromatic rings. The summed E-state index contributed by atoms with van der Waals surface area (Å²) in [6, 6.07) is 8.05. The third-order valence-corrected chi connectivity index (χ3v) is 2.96. The highest BCUT2D eigenvalue weighted by atomic mass is 16.4. The van der Waals surface area contributed by atoms with Crippen LogP contribution in [0.2, 0.25) is 0 Å². The summed E-state index contributed by atoms with van der Waals surface area (Å²) in [6.07, 6.45) is 0. The molecule has 0 unspecified atom stereocenters. The van der Waals surface area contributed by atoms with Gasteiger partial charge in [-0.2, -0.15) is 0 Å². The Balaban J connectivity index is 2.72. The lowest BCUT2D eigenvalue weighted by Crippen LogP contribution is -2.01. The van der Waals surface area contributed by atoms with Crippen LogP contribution in [0.5, 0.6) is 11.5 Å². The van der Waals surface area contributed by atoms with E-state index in [1.54, 1.807) is 31.2 Å². The molecule has 4 nitrogen and oxygen atoms in total. The molecule has 0 aliphatic carbocycles. The summed E-state index contributed by atoms with van der Waals surface area (Å²) in [5, 5.41) is 21.2. The Bertz CT molecular complexity index is 830. The zero-order chi connectivity index (χ0) is 12.9. The van der Waals surface area contributed by atoms with Crippen LogP contribution in [0.25, 0.3) is 21.7 Å². The van der Waals surface area contributed by atoms with Crippen molar-refractivity contribution in [2.45, 2.75) is 6.92 Å². The van der Waals surface area contributed by atoms with Gasteiger partial charge in [0.1, 0.15) is 16.9 Å². The fourth-order valence-electron chi connectivity index (χ4n) is 2.15. The molecule has 1 aromatic heterocycles. The molecule has 4 heteroatoms. The molecule has 0 bridgehead atoms. The molecule has 90 valence electrons. The lowest BCUT2D eigenvalue weighted by molar-refractivity contribution is 0.457. The zero-order valence-corrected chi connectivity index (χ0v) is 9.60. The third-order valence-electron chi connectivity index (χ3n) is 2.96. The smallest absolute Gasteiger partial charge is 0.196 e. The number of benzene rings is 2.